The molecule has 13 heavy (non-hydrogen) atoms. The van der Waals surface area contributed by atoms with Gasteiger partial charge in [0.25, 0.3) is 0 Å². The Labute approximate surface area is 86.7 Å². The first-order valence-electron chi connectivity index (χ1n) is 4.07. The van der Waals surface area contributed by atoms with Crippen LogP contribution in [0.25, 0.3) is 0 Å². The number of hydrogen-bond donors (Lipinski definition) is 1. The predicted octanol–water partition coefficient (Wildman–Crippen LogP) is 2.83. The van der Waals surface area contributed by atoms with Gasteiger partial charge in [0.15, 0.2) is 0 Å². The summed E-state index contributed by atoms with van der Waals surface area (Å²) >= 11 is 3.26. The lowest BCUT2D eigenvalue weighted by atomic mass is 10.4. The highest BCUT2D eigenvalue weighted by Crippen LogP contribution is 2.12. The summed E-state index contributed by atoms with van der Waals surface area (Å²) in [6, 6.07) is 3.53. The molecule has 72 valence electrons. The summed E-state index contributed by atoms with van der Waals surface area (Å²) in [5.41, 5.74) is 0. The largest absolute Gasteiger partial charge is 0.311 e. The number of nitrogens with zero attached hydrogens (tertiary/aromatic N) is 1. The van der Waals surface area contributed by atoms with Gasteiger partial charge < -0.3 is 5.32 Å². The highest BCUT2D eigenvalue weighted by atomic mass is 79.9. The van der Waals surface area contributed by atoms with E-state index in [4.69, 9.17) is 0 Å². The van der Waals surface area contributed by atoms with Crippen molar-refractivity contribution >= 4 is 27.7 Å². The minimum Gasteiger partial charge on any atom is -0.311 e. The van der Waals surface area contributed by atoms with E-state index < -0.39 is 0 Å². The third kappa shape index (κ3) is 5.36. The second-order valence-corrected chi connectivity index (χ2v) is 2.96. The molecule has 1 aromatic heterocycles. The molecular formula is C9H13BrN2O. The highest BCUT2D eigenvalue weighted by Gasteiger charge is 1.95. The van der Waals surface area contributed by atoms with Crippen molar-refractivity contribution in [2.24, 2.45) is 0 Å². The number of rotatable bonds is 1. The quantitative estimate of drug-likeness (QED) is 0.826. The molecule has 0 aliphatic rings. The normalized spacial score (nSPS) is 8.31. The topological polar surface area (TPSA) is 42.0 Å². The molecule has 0 aliphatic carbocycles. The van der Waals surface area contributed by atoms with E-state index in [-0.39, 0.29) is 5.91 Å². The Morgan fingerprint density at radius 1 is 1.54 bits per heavy atom. The molecule has 0 atom stereocenters. The average molecular weight is 245 g/mol. The van der Waals surface area contributed by atoms with E-state index in [2.05, 4.69) is 26.2 Å². The average Bonchev–Trinajstić information content (AvgIpc) is 2.06. The van der Waals surface area contributed by atoms with Gasteiger partial charge in [0.1, 0.15) is 5.82 Å². The summed E-state index contributed by atoms with van der Waals surface area (Å²) in [5, 5.41) is 2.57. The van der Waals surface area contributed by atoms with Gasteiger partial charge >= 0.3 is 0 Å². The second-order valence-electron chi connectivity index (χ2n) is 2.04. The Morgan fingerprint density at radius 2 is 2.15 bits per heavy atom. The summed E-state index contributed by atoms with van der Waals surface area (Å²) in [6.07, 6.45) is 1.62. The van der Waals surface area contributed by atoms with E-state index >= 15 is 0 Å². The van der Waals surface area contributed by atoms with Gasteiger partial charge in [-0.05, 0) is 12.1 Å². The molecule has 0 fully saturated rings. The van der Waals surface area contributed by atoms with Crippen molar-refractivity contribution in [3.05, 3.63) is 22.8 Å². The highest BCUT2D eigenvalue weighted by molar-refractivity contribution is 9.10. The van der Waals surface area contributed by atoms with Crippen LogP contribution in [0.15, 0.2) is 22.8 Å². The standard InChI is InChI=1S/C7H7BrN2O.C2H6/c1-5(11)10-7-4-6(8)2-3-9-7;1-2/h2-4H,1H3,(H,9,10,11);1-2H3. The van der Waals surface area contributed by atoms with Gasteiger partial charge in [-0.3, -0.25) is 4.79 Å². The Morgan fingerprint density at radius 3 is 2.62 bits per heavy atom. The fourth-order valence-corrected chi connectivity index (χ4v) is 0.989. The first-order valence-corrected chi connectivity index (χ1v) is 4.87. The minimum absolute atomic E-state index is 0.115. The molecule has 1 N–H and O–H groups in total. The fourth-order valence-electron chi connectivity index (χ4n) is 0.653. The van der Waals surface area contributed by atoms with Gasteiger partial charge in [0, 0.05) is 17.6 Å². The smallest absolute Gasteiger partial charge is 0.222 e. The van der Waals surface area contributed by atoms with Gasteiger partial charge in [0.2, 0.25) is 5.91 Å². The third-order valence-electron chi connectivity index (χ3n) is 1.03. The molecule has 4 heteroatoms. The number of nitrogens with one attached hydrogen (secondary N) is 1. The van der Waals surface area contributed by atoms with E-state index in [1.807, 2.05) is 13.8 Å². The summed E-state index contributed by atoms with van der Waals surface area (Å²) in [6.45, 7) is 5.45. The molecule has 1 heterocycles. The molecule has 0 aromatic carbocycles. The van der Waals surface area contributed by atoms with E-state index in [0.717, 1.165) is 4.47 Å². The van der Waals surface area contributed by atoms with Gasteiger partial charge in [-0.2, -0.15) is 0 Å². The lowest BCUT2D eigenvalue weighted by Gasteiger charge is -1.99. The maximum absolute atomic E-state index is 10.6. The van der Waals surface area contributed by atoms with Crippen molar-refractivity contribution in [2.75, 3.05) is 5.32 Å². The number of anilines is 1. The molecule has 0 aliphatic heterocycles. The Bertz CT molecular complexity index is 276. The molecular weight excluding hydrogens is 232 g/mol. The van der Waals surface area contributed by atoms with Crippen LogP contribution in [0.5, 0.6) is 0 Å². The predicted molar refractivity (Wildman–Crippen MR) is 57.6 cm³/mol. The molecule has 1 amide bonds. The molecule has 0 bridgehead atoms. The molecule has 0 radical (unpaired) electrons. The van der Waals surface area contributed by atoms with Crippen LogP contribution in [0.1, 0.15) is 20.8 Å². The fraction of sp³-hybridized carbons (Fsp3) is 0.333. The Hall–Kier alpha value is -0.900. The SMILES string of the molecule is CC.CC(=O)Nc1cc(Br)ccn1. The van der Waals surface area contributed by atoms with Crippen LogP contribution in [0.2, 0.25) is 0 Å². The molecule has 1 aromatic rings. The molecule has 1 rings (SSSR count). The van der Waals surface area contributed by atoms with E-state index in [0.29, 0.717) is 5.82 Å². The first-order chi connectivity index (χ1) is 6.18. The number of carbonyl (C=O) groups is 1. The van der Waals surface area contributed by atoms with Crippen LogP contribution in [0.3, 0.4) is 0 Å². The maximum Gasteiger partial charge on any atom is 0.222 e. The number of halogens is 1. The van der Waals surface area contributed by atoms with Crippen LogP contribution in [-0.2, 0) is 4.79 Å². The van der Waals surface area contributed by atoms with Crippen LogP contribution < -0.4 is 5.32 Å². The van der Waals surface area contributed by atoms with Crippen molar-refractivity contribution in [2.45, 2.75) is 20.8 Å². The van der Waals surface area contributed by atoms with Crippen molar-refractivity contribution < 1.29 is 4.79 Å². The van der Waals surface area contributed by atoms with Crippen LogP contribution in [0, 0.1) is 0 Å². The van der Waals surface area contributed by atoms with Crippen LogP contribution in [-0.4, -0.2) is 10.9 Å². The second kappa shape index (κ2) is 6.60. The lowest BCUT2D eigenvalue weighted by molar-refractivity contribution is -0.114. The van der Waals surface area contributed by atoms with Crippen LogP contribution in [0.4, 0.5) is 5.82 Å². The van der Waals surface area contributed by atoms with Gasteiger partial charge in [-0.15, -0.1) is 0 Å². The van der Waals surface area contributed by atoms with Crippen molar-refractivity contribution in [1.29, 1.82) is 0 Å². The van der Waals surface area contributed by atoms with E-state index in [1.54, 1.807) is 18.3 Å². The number of aromatic nitrogens is 1. The summed E-state index contributed by atoms with van der Waals surface area (Å²) in [5.74, 6) is 0.447. The van der Waals surface area contributed by atoms with Crippen molar-refractivity contribution in [1.82, 2.24) is 4.98 Å². The number of pyridine rings is 1. The summed E-state index contributed by atoms with van der Waals surface area (Å²) in [7, 11) is 0. The number of amides is 1. The molecule has 0 unspecified atom stereocenters. The minimum atomic E-state index is -0.115. The van der Waals surface area contributed by atoms with E-state index in [9.17, 15) is 4.79 Å². The lowest BCUT2D eigenvalue weighted by Crippen LogP contribution is -2.06. The van der Waals surface area contributed by atoms with Crippen molar-refractivity contribution in [3.63, 3.8) is 0 Å². The zero-order valence-electron chi connectivity index (χ0n) is 7.97. The maximum atomic E-state index is 10.6. The monoisotopic (exact) mass is 244 g/mol. The third-order valence-corrected chi connectivity index (χ3v) is 1.52. The number of carbonyl (C=O) groups excluding carboxylic acids is 1. The van der Waals surface area contributed by atoms with E-state index in [1.165, 1.54) is 6.92 Å². The zero-order valence-corrected chi connectivity index (χ0v) is 9.55. The molecule has 3 nitrogen and oxygen atoms in total. The number of hydrogen-bond acceptors (Lipinski definition) is 2. The molecule has 0 saturated heterocycles. The van der Waals surface area contributed by atoms with Crippen LogP contribution >= 0.6 is 15.9 Å². The summed E-state index contributed by atoms with van der Waals surface area (Å²) in [4.78, 5) is 14.5. The first kappa shape index (κ1) is 12.1. The van der Waals surface area contributed by atoms with Gasteiger partial charge in [0.05, 0.1) is 0 Å². The Balaban J connectivity index is 0.000000671. The van der Waals surface area contributed by atoms with Gasteiger partial charge in [-0.1, -0.05) is 29.8 Å². The molecule has 0 spiro atoms. The van der Waals surface area contributed by atoms with Gasteiger partial charge in [-0.25, -0.2) is 4.98 Å². The Kier molecular flexibility index (Phi) is 6.14. The molecule has 0 saturated carbocycles. The zero-order chi connectivity index (χ0) is 10.3. The van der Waals surface area contributed by atoms with Crippen molar-refractivity contribution in [3.8, 4) is 0 Å². The summed E-state index contributed by atoms with van der Waals surface area (Å²) < 4.78 is 0.899.